The van der Waals surface area contributed by atoms with E-state index in [0.717, 1.165) is 19.4 Å². The van der Waals surface area contributed by atoms with Gasteiger partial charge in [-0.2, -0.15) is 0 Å². The smallest absolute Gasteiger partial charge is 0.340 e. The van der Waals surface area contributed by atoms with Crippen molar-refractivity contribution in [2.24, 2.45) is 0 Å². The van der Waals surface area contributed by atoms with Crippen LogP contribution in [0.5, 0.6) is 0 Å². The molecule has 2 heterocycles. The molecule has 0 saturated carbocycles. The van der Waals surface area contributed by atoms with Gasteiger partial charge in [0.2, 0.25) is 0 Å². The first-order valence-electron chi connectivity index (χ1n) is 6.82. The van der Waals surface area contributed by atoms with Crippen molar-refractivity contribution >= 4 is 17.5 Å². The lowest BCUT2D eigenvalue weighted by atomic mass is 9.99. The van der Waals surface area contributed by atoms with Crippen LogP contribution in [0.15, 0.2) is 12.3 Å². The van der Waals surface area contributed by atoms with E-state index < -0.39 is 5.97 Å². The molecule has 6 nitrogen and oxygen atoms in total. The maximum absolute atomic E-state index is 11.6. The number of ether oxygens (including phenoxy) is 1. The number of piperidine rings is 1. The van der Waals surface area contributed by atoms with E-state index in [2.05, 4.69) is 29.2 Å². The van der Waals surface area contributed by atoms with Crippen LogP contribution in [0, 0.1) is 0 Å². The first-order valence-corrected chi connectivity index (χ1v) is 6.82. The molecule has 0 aromatic carbocycles. The Morgan fingerprint density at radius 2 is 2.35 bits per heavy atom. The Morgan fingerprint density at radius 3 is 3.00 bits per heavy atom. The number of nitrogen functional groups attached to an aromatic ring is 1. The molecule has 6 heteroatoms. The molecule has 1 aromatic rings. The Kier molecular flexibility index (Phi) is 4.44. The molecule has 1 saturated heterocycles. The van der Waals surface area contributed by atoms with Gasteiger partial charge in [-0.05, 0) is 32.9 Å². The highest BCUT2D eigenvalue weighted by Crippen LogP contribution is 2.21. The second-order valence-corrected chi connectivity index (χ2v) is 5.34. The number of nitrogens with two attached hydrogens (primary N) is 1. The van der Waals surface area contributed by atoms with Crippen LogP contribution in [-0.2, 0) is 4.74 Å². The summed E-state index contributed by atoms with van der Waals surface area (Å²) in [7, 11) is 3.48. The van der Waals surface area contributed by atoms with Crippen LogP contribution in [0.4, 0.5) is 11.5 Å². The van der Waals surface area contributed by atoms with Crippen molar-refractivity contribution in [3.63, 3.8) is 0 Å². The summed E-state index contributed by atoms with van der Waals surface area (Å²) in [4.78, 5) is 18.2. The van der Waals surface area contributed by atoms with Crippen LogP contribution in [0.3, 0.4) is 0 Å². The second kappa shape index (κ2) is 6.09. The van der Waals surface area contributed by atoms with Gasteiger partial charge in [-0.25, -0.2) is 9.78 Å². The van der Waals surface area contributed by atoms with Crippen LogP contribution < -0.4 is 11.1 Å². The number of rotatable bonds is 3. The van der Waals surface area contributed by atoms with Gasteiger partial charge in [0.25, 0.3) is 0 Å². The van der Waals surface area contributed by atoms with Crippen molar-refractivity contribution in [3.8, 4) is 0 Å². The highest BCUT2D eigenvalue weighted by molar-refractivity contribution is 5.95. The van der Waals surface area contributed by atoms with Crippen LogP contribution in [-0.4, -0.2) is 48.6 Å². The second-order valence-electron chi connectivity index (χ2n) is 5.34. The topological polar surface area (TPSA) is 80.5 Å². The predicted molar refractivity (Wildman–Crippen MR) is 78.7 cm³/mol. The van der Waals surface area contributed by atoms with E-state index in [0.29, 0.717) is 29.2 Å². The van der Waals surface area contributed by atoms with Crippen molar-refractivity contribution < 1.29 is 9.53 Å². The molecule has 1 fully saturated rings. The Bertz CT molecular complexity index is 492. The zero-order valence-electron chi connectivity index (χ0n) is 12.2. The van der Waals surface area contributed by atoms with Gasteiger partial charge in [0, 0.05) is 18.6 Å². The average molecular weight is 278 g/mol. The minimum atomic E-state index is -0.440. The van der Waals surface area contributed by atoms with Crippen molar-refractivity contribution in [1.82, 2.24) is 9.88 Å². The summed E-state index contributed by atoms with van der Waals surface area (Å²) in [6.45, 7) is 3.27. The highest BCUT2D eigenvalue weighted by Gasteiger charge is 2.23. The maximum atomic E-state index is 11.6. The average Bonchev–Trinajstić information content (AvgIpc) is 2.44. The minimum Gasteiger partial charge on any atom is -0.465 e. The van der Waals surface area contributed by atoms with Gasteiger partial charge in [-0.3, -0.25) is 0 Å². The number of pyridine rings is 1. The lowest BCUT2D eigenvalue weighted by Gasteiger charge is -2.35. The van der Waals surface area contributed by atoms with Crippen molar-refractivity contribution in [2.45, 2.75) is 31.8 Å². The van der Waals surface area contributed by atoms with E-state index in [1.54, 1.807) is 6.07 Å². The molecule has 2 rings (SSSR count). The van der Waals surface area contributed by atoms with Gasteiger partial charge < -0.3 is 20.7 Å². The molecule has 2 unspecified atom stereocenters. The van der Waals surface area contributed by atoms with E-state index in [4.69, 9.17) is 10.5 Å². The summed E-state index contributed by atoms with van der Waals surface area (Å²) in [5, 5.41) is 3.38. The molecule has 2 atom stereocenters. The largest absolute Gasteiger partial charge is 0.465 e. The Hall–Kier alpha value is -1.82. The third-order valence-corrected chi connectivity index (χ3v) is 3.90. The summed E-state index contributed by atoms with van der Waals surface area (Å²) >= 11 is 0. The third-order valence-electron chi connectivity index (χ3n) is 3.90. The minimum absolute atomic E-state index is 0.333. The number of aromatic nitrogens is 1. The zero-order chi connectivity index (χ0) is 14.7. The fourth-order valence-electron chi connectivity index (χ4n) is 2.46. The van der Waals surface area contributed by atoms with E-state index >= 15 is 0 Å². The Balaban J connectivity index is 2.08. The maximum Gasteiger partial charge on any atom is 0.340 e. The number of nitrogens with zero attached hydrogens (tertiary/aromatic N) is 2. The van der Waals surface area contributed by atoms with Gasteiger partial charge in [-0.1, -0.05) is 0 Å². The van der Waals surface area contributed by atoms with E-state index in [1.165, 1.54) is 13.3 Å². The van der Waals surface area contributed by atoms with E-state index in [9.17, 15) is 4.79 Å². The summed E-state index contributed by atoms with van der Waals surface area (Å²) in [6, 6.07) is 2.56. The monoisotopic (exact) mass is 278 g/mol. The van der Waals surface area contributed by atoms with Crippen LogP contribution in [0.1, 0.15) is 30.1 Å². The molecule has 20 heavy (non-hydrogen) atoms. The fraction of sp³-hybridized carbons (Fsp3) is 0.571. The summed E-state index contributed by atoms with van der Waals surface area (Å²) in [5.74, 6) is 0.228. The summed E-state index contributed by atoms with van der Waals surface area (Å²) in [5.41, 5.74) is 6.43. The molecule has 0 spiro atoms. The number of esters is 1. The first kappa shape index (κ1) is 14.6. The number of carbonyl (C=O) groups is 1. The number of anilines is 2. The number of likely N-dealkylation sites (tertiary alicyclic amines) is 1. The predicted octanol–water partition coefficient (Wildman–Crippen LogP) is 1.34. The number of nitrogens with one attached hydrogen (secondary N) is 1. The lowest BCUT2D eigenvalue weighted by molar-refractivity contribution is 0.0602. The third kappa shape index (κ3) is 3.19. The normalized spacial score (nSPS) is 23.4. The quantitative estimate of drug-likeness (QED) is 0.812. The van der Waals surface area contributed by atoms with Crippen molar-refractivity contribution in [2.75, 3.05) is 31.8 Å². The van der Waals surface area contributed by atoms with Crippen LogP contribution >= 0.6 is 0 Å². The highest BCUT2D eigenvalue weighted by atomic mass is 16.5. The van der Waals surface area contributed by atoms with Crippen molar-refractivity contribution in [1.29, 1.82) is 0 Å². The zero-order valence-corrected chi connectivity index (χ0v) is 12.2. The van der Waals surface area contributed by atoms with Gasteiger partial charge in [0.1, 0.15) is 5.82 Å². The fourth-order valence-corrected chi connectivity index (χ4v) is 2.46. The van der Waals surface area contributed by atoms with E-state index in [-0.39, 0.29) is 0 Å². The van der Waals surface area contributed by atoms with Crippen LogP contribution in [0.25, 0.3) is 0 Å². The molecular formula is C14H22N4O2. The molecule has 0 radical (unpaired) electrons. The standard InChI is InChI=1S/C14H22N4O2/c1-9-6-10(4-5-18(9)2)17-13-7-11(14(19)20-3)12(15)8-16-13/h7-10H,4-6,15H2,1-3H3,(H,16,17). The Morgan fingerprint density at radius 1 is 1.60 bits per heavy atom. The molecule has 1 aliphatic rings. The van der Waals surface area contributed by atoms with Gasteiger partial charge in [0.15, 0.2) is 0 Å². The first-order chi connectivity index (χ1) is 9.51. The molecule has 0 aliphatic carbocycles. The number of hydrogen-bond acceptors (Lipinski definition) is 6. The molecular weight excluding hydrogens is 256 g/mol. The molecule has 3 N–H and O–H groups in total. The van der Waals surface area contributed by atoms with Gasteiger partial charge >= 0.3 is 5.97 Å². The number of methoxy groups -OCH3 is 1. The molecule has 0 amide bonds. The number of carbonyl (C=O) groups excluding carboxylic acids is 1. The molecule has 1 aromatic heterocycles. The molecule has 0 bridgehead atoms. The van der Waals surface area contributed by atoms with Gasteiger partial charge in [0.05, 0.1) is 24.6 Å². The molecule has 1 aliphatic heterocycles. The molecule has 110 valence electrons. The van der Waals surface area contributed by atoms with E-state index in [1.807, 2.05) is 0 Å². The van der Waals surface area contributed by atoms with Crippen LogP contribution in [0.2, 0.25) is 0 Å². The Labute approximate surface area is 119 Å². The summed E-state index contributed by atoms with van der Waals surface area (Å²) < 4.78 is 4.71. The van der Waals surface area contributed by atoms with Gasteiger partial charge in [-0.15, -0.1) is 0 Å². The lowest BCUT2D eigenvalue weighted by Crippen LogP contribution is -2.42. The SMILES string of the molecule is COC(=O)c1cc(NC2CCN(C)C(C)C2)ncc1N. The summed E-state index contributed by atoms with van der Waals surface area (Å²) in [6.07, 6.45) is 3.60. The van der Waals surface area contributed by atoms with Crippen molar-refractivity contribution in [3.05, 3.63) is 17.8 Å². The number of hydrogen-bond donors (Lipinski definition) is 2.